The molecule has 0 unspecified atom stereocenters. The molecule has 7 heteroatoms. The van der Waals surface area contributed by atoms with Gasteiger partial charge in [0.15, 0.2) is 0 Å². The smallest absolute Gasteiger partial charge is 0.240 e. The number of amides is 1. The maximum atomic E-state index is 12.5. The highest BCUT2D eigenvalue weighted by Gasteiger charge is 2.36. The van der Waals surface area contributed by atoms with Crippen LogP contribution in [0.4, 0.5) is 5.69 Å². The molecule has 1 atom stereocenters. The average Bonchev–Trinajstić information content (AvgIpc) is 3.13. The van der Waals surface area contributed by atoms with Crippen molar-refractivity contribution in [3.05, 3.63) is 23.8 Å². The molecule has 1 aromatic carbocycles. The summed E-state index contributed by atoms with van der Waals surface area (Å²) in [5.41, 5.74) is 1.80. The molecule has 3 aliphatic rings. The Balaban J connectivity index is 1.49. The molecule has 2 fully saturated rings. The summed E-state index contributed by atoms with van der Waals surface area (Å²) in [6, 6.07) is 5.06. The molecular formula is C17H22N2O4S. The van der Waals surface area contributed by atoms with Crippen molar-refractivity contribution in [3.8, 4) is 0 Å². The molecule has 1 aromatic rings. The Kier molecular flexibility index (Phi) is 4.10. The summed E-state index contributed by atoms with van der Waals surface area (Å²) in [5.74, 6) is 0.355. The fourth-order valence-electron chi connectivity index (χ4n) is 3.42. The lowest BCUT2D eigenvalue weighted by Crippen LogP contribution is -2.32. The van der Waals surface area contributed by atoms with Gasteiger partial charge in [0, 0.05) is 31.3 Å². The third-order valence-electron chi connectivity index (χ3n) is 4.97. The quantitative estimate of drug-likeness (QED) is 0.872. The number of hydrogen-bond donors (Lipinski definition) is 1. The van der Waals surface area contributed by atoms with Gasteiger partial charge < -0.3 is 9.64 Å². The molecule has 1 N–H and O–H groups in total. The molecule has 0 spiro atoms. The molecule has 24 heavy (non-hydrogen) atoms. The highest BCUT2D eigenvalue weighted by Crippen LogP contribution is 2.37. The number of rotatable bonds is 5. The first kappa shape index (κ1) is 16.1. The maximum Gasteiger partial charge on any atom is 0.240 e. The van der Waals surface area contributed by atoms with Crippen molar-refractivity contribution in [2.45, 2.75) is 43.1 Å². The summed E-state index contributed by atoms with van der Waals surface area (Å²) in [5, 5.41) is 0. The van der Waals surface area contributed by atoms with Gasteiger partial charge in [-0.25, -0.2) is 13.1 Å². The van der Waals surface area contributed by atoms with E-state index < -0.39 is 10.0 Å². The van der Waals surface area contributed by atoms with Crippen LogP contribution in [0.25, 0.3) is 0 Å². The van der Waals surface area contributed by atoms with Crippen molar-refractivity contribution < 1.29 is 17.9 Å². The SMILES string of the molecule is O=C(C1CC1)N1CCc2cc(S(=O)(=O)NC[C@@H]3CCCO3)ccc21. The molecule has 0 radical (unpaired) electrons. The molecular weight excluding hydrogens is 328 g/mol. The van der Waals surface area contributed by atoms with Crippen LogP contribution in [0.15, 0.2) is 23.1 Å². The Hall–Kier alpha value is -1.44. The number of hydrogen-bond acceptors (Lipinski definition) is 4. The van der Waals surface area contributed by atoms with E-state index in [0.717, 1.165) is 36.9 Å². The molecule has 1 saturated carbocycles. The van der Waals surface area contributed by atoms with Gasteiger partial charge in [0.1, 0.15) is 0 Å². The molecule has 6 nitrogen and oxygen atoms in total. The zero-order chi connectivity index (χ0) is 16.7. The number of nitrogens with one attached hydrogen (secondary N) is 1. The molecule has 1 saturated heterocycles. The zero-order valence-electron chi connectivity index (χ0n) is 13.5. The van der Waals surface area contributed by atoms with E-state index in [0.29, 0.717) is 26.1 Å². The number of carbonyl (C=O) groups excluding carboxylic acids is 1. The lowest BCUT2D eigenvalue weighted by molar-refractivity contribution is -0.119. The third kappa shape index (κ3) is 3.08. The van der Waals surface area contributed by atoms with Crippen LogP contribution in [0.5, 0.6) is 0 Å². The van der Waals surface area contributed by atoms with Crippen LogP contribution >= 0.6 is 0 Å². The van der Waals surface area contributed by atoms with Gasteiger partial charge in [-0.3, -0.25) is 4.79 Å². The second kappa shape index (κ2) is 6.13. The minimum Gasteiger partial charge on any atom is -0.377 e. The van der Waals surface area contributed by atoms with Crippen molar-refractivity contribution in [1.29, 1.82) is 0 Å². The third-order valence-corrected chi connectivity index (χ3v) is 6.40. The first-order valence-electron chi connectivity index (χ1n) is 8.60. The number of carbonyl (C=O) groups is 1. The predicted molar refractivity (Wildman–Crippen MR) is 89.4 cm³/mol. The summed E-state index contributed by atoms with van der Waals surface area (Å²) in [7, 11) is -3.54. The second-order valence-corrected chi connectivity index (χ2v) is 8.56. The first-order chi connectivity index (χ1) is 11.5. The number of fused-ring (bicyclic) bond motifs is 1. The van der Waals surface area contributed by atoms with E-state index in [1.165, 1.54) is 0 Å². The van der Waals surface area contributed by atoms with E-state index in [2.05, 4.69) is 4.72 Å². The van der Waals surface area contributed by atoms with Crippen molar-refractivity contribution in [2.75, 3.05) is 24.6 Å². The monoisotopic (exact) mass is 350 g/mol. The average molecular weight is 350 g/mol. The van der Waals surface area contributed by atoms with E-state index in [9.17, 15) is 13.2 Å². The maximum absolute atomic E-state index is 12.5. The lowest BCUT2D eigenvalue weighted by Gasteiger charge is -2.17. The Morgan fingerprint density at radius 3 is 2.83 bits per heavy atom. The van der Waals surface area contributed by atoms with Gasteiger partial charge in [-0.1, -0.05) is 0 Å². The fraction of sp³-hybridized carbons (Fsp3) is 0.588. The van der Waals surface area contributed by atoms with Gasteiger partial charge in [-0.05, 0) is 55.9 Å². The van der Waals surface area contributed by atoms with Gasteiger partial charge in [0.05, 0.1) is 11.0 Å². The van der Waals surface area contributed by atoms with E-state index in [4.69, 9.17) is 4.74 Å². The van der Waals surface area contributed by atoms with Crippen molar-refractivity contribution >= 4 is 21.6 Å². The highest BCUT2D eigenvalue weighted by molar-refractivity contribution is 7.89. The Morgan fingerprint density at radius 1 is 1.29 bits per heavy atom. The zero-order valence-corrected chi connectivity index (χ0v) is 14.3. The summed E-state index contributed by atoms with van der Waals surface area (Å²) in [6.45, 7) is 1.67. The van der Waals surface area contributed by atoms with E-state index in [1.54, 1.807) is 18.2 Å². The van der Waals surface area contributed by atoms with Crippen LogP contribution in [-0.2, 0) is 26.0 Å². The lowest BCUT2D eigenvalue weighted by atomic mass is 10.2. The minimum atomic E-state index is -3.54. The molecule has 0 bridgehead atoms. The van der Waals surface area contributed by atoms with Crippen LogP contribution < -0.4 is 9.62 Å². The topological polar surface area (TPSA) is 75.7 Å². The molecule has 2 heterocycles. The van der Waals surface area contributed by atoms with Crippen LogP contribution in [0.1, 0.15) is 31.2 Å². The summed E-state index contributed by atoms with van der Waals surface area (Å²) >= 11 is 0. The van der Waals surface area contributed by atoms with Gasteiger partial charge in [-0.15, -0.1) is 0 Å². The van der Waals surface area contributed by atoms with Crippen LogP contribution in [0.3, 0.4) is 0 Å². The number of anilines is 1. The largest absolute Gasteiger partial charge is 0.377 e. The van der Waals surface area contributed by atoms with Gasteiger partial charge >= 0.3 is 0 Å². The summed E-state index contributed by atoms with van der Waals surface area (Å²) in [6.07, 6.45) is 4.51. The van der Waals surface area contributed by atoms with E-state index in [1.807, 2.05) is 4.90 Å². The van der Waals surface area contributed by atoms with Crippen molar-refractivity contribution in [1.82, 2.24) is 4.72 Å². The number of sulfonamides is 1. The molecule has 0 aromatic heterocycles. The number of benzene rings is 1. The van der Waals surface area contributed by atoms with E-state index in [-0.39, 0.29) is 22.8 Å². The van der Waals surface area contributed by atoms with E-state index >= 15 is 0 Å². The van der Waals surface area contributed by atoms with Crippen molar-refractivity contribution in [3.63, 3.8) is 0 Å². The van der Waals surface area contributed by atoms with Crippen LogP contribution in [0, 0.1) is 5.92 Å². The predicted octanol–water partition coefficient (Wildman–Crippen LogP) is 1.44. The standard InChI is InChI=1S/C17H22N2O4S/c20-17(12-3-4-12)19-8-7-13-10-15(5-6-16(13)19)24(21,22)18-11-14-2-1-9-23-14/h5-6,10,12,14,18H,1-4,7-9,11H2/t14-/m0/s1. The Bertz CT molecular complexity index is 752. The van der Waals surface area contributed by atoms with Crippen LogP contribution in [-0.4, -0.2) is 40.1 Å². The van der Waals surface area contributed by atoms with Gasteiger partial charge in [0.25, 0.3) is 0 Å². The Labute approximate surface area is 142 Å². The van der Waals surface area contributed by atoms with Gasteiger partial charge in [0.2, 0.25) is 15.9 Å². The number of nitrogens with zero attached hydrogens (tertiary/aromatic N) is 1. The number of ether oxygens (including phenoxy) is 1. The normalized spacial score (nSPS) is 23.5. The highest BCUT2D eigenvalue weighted by atomic mass is 32.2. The minimum absolute atomic E-state index is 0.0270. The molecule has 130 valence electrons. The fourth-order valence-corrected chi connectivity index (χ4v) is 4.53. The summed E-state index contributed by atoms with van der Waals surface area (Å²) in [4.78, 5) is 14.4. The second-order valence-electron chi connectivity index (χ2n) is 6.79. The van der Waals surface area contributed by atoms with Gasteiger partial charge in [-0.2, -0.15) is 0 Å². The molecule has 1 amide bonds. The summed E-state index contributed by atoms with van der Waals surface area (Å²) < 4.78 is 33.0. The van der Waals surface area contributed by atoms with Crippen molar-refractivity contribution in [2.24, 2.45) is 5.92 Å². The first-order valence-corrected chi connectivity index (χ1v) is 10.1. The molecule has 4 rings (SSSR count). The Morgan fingerprint density at radius 2 is 2.12 bits per heavy atom. The van der Waals surface area contributed by atoms with Crippen LogP contribution in [0.2, 0.25) is 0 Å². The molecule has 1 aliphatic carbocycles. The molecule has 2 aliphatic heterocycles.